The molecule has 21 aliphatic rings. The molecule has 0 nitrogen and oxygen atoms in total. The minimum absolute atomic E-state index is 0.816. The van der Waals surface area contributed by atoms with Gasteiger partial charge in [0.1, 0.15) is 0 Å². The van der Waals surface area contributed by atoms with Crippen molar-refractivity contribution >= 4 is 0 Å². The van der Waals surface area contributed by atoms with Crippen LogP contribution in [0.1, 0.15) is 75.2 Å². The Kier molecular flexibility index (Phi) is 2.31. The molecule has 21 rings (SSSR count). The first-order valence-electron chi connectivity index (χ1n) is 23.6. The van der Waals surface area contributed by atoms with Crippen molar-refractivity contribution in [1.29, 1.82) is 0 Å². The van der Waals surface area contributed by atoms with Gasteiger partial charge in [0.15, 0.2) is 0 Å². The first kappa shape index (κ1) is 23.7. The Morgan fingerprint density at radius 3 is 1.41 bits per heavy atom. The molecule has 0 bridgehead atoms. The van der Waals surface area contributed by atoms with Crippen LogP contribution in [-0.2, 0) is 0 Å². The summed E-state index contributed by atoms with van der Waals surface area (Å²) in [6.07, 6.45) is 3.47. The van der Waals surface area contributed by atoms with Crippen LogP contribution < -0.4 is 0 Å². The maximum absolute atomic E-state index is 2.94. The van der Waals surface area contributed by atoms with Gasteiger partial charge >= 0.3 is 0 Å². The Balaban J connectivity index is 0.717. The van der Waals surface area contributed by atoms with Crippen molar-refractivity contribution in [3.63, 3.8) is 0 Å². The SMILES string of the molecule is CC(C)C(C)C(C)C(C)C(C)C(C)C(C)C12C3C4C5C6C7C8C9C%10C%11C%12C%13CC%14CC%15C%16C%17C%18C%19C%20C%21C1C6(C7%21C8%20C9%19C%10%18C%11%17C%12%16C%14%13%15)C52C43C. The van der Waals surface area contributed by atoms with E-state index in [2.05, 4.69) is 62.3 Å². The summed E-state index contributed by atoms with van der Waals surface area (Å²) in [5.74, 6) is 32.2. The molecule has 21 aliphatic carbocycles. The van der Waals surface area contributed by atoms with Crippen molar-refractivity contribution in [3.05, 3.63) is 0 Å². The molecule has 21 fully saturated rings. The van der Waals surface area contributed by atoms with E-state index < -0.39 is 0 Å². The molecule has 21 saturated carbocycles. The van der Waals surface area contributed by atoms with Crippen LogP contribution in [0.15, 0.2) is 0 Å². The maximum Gasteiger partial charge on any atom is -0.00705 e. The summed E-state index contributed by atoms with van der Waals surface area (Å²) < 4.78 is 0. The van der Waals surface area contributed by atoms with Crippen molar-refractivity contribution in [2.24, 2.45) is 219 Å². The number of rotatable bonds is 7. The van der Waals surface area contributed by atoms with Gasteiger partial charge in [-0.1, -0.05) is 62.3 Å². The van der Waals surface area contributed by atoms with Crippen LogP contribution in [-0.4, -0.2) is 0 Å². The van der Waals surface area contributed by atoms with Gasteiger partial charge in [-0.25, -0.2) is 0 Å². The van der Waals surface area contributed by atoms with Crippen LogP contribution in [0.4, 0.5) is 0 Å². The van der Waals surface area contributed by atoms with Crippen molar-refractivity contribution in [3.8, 4) is 0 Å². The lowest BCUT2D eigenvalue weighted by atomic mass is 8.67. The molecule has 0 amide bonds. The minimum atomic E-state index is 0.816. The van der Waals surface area contributed by atoms with E-state index in [9.17, 15) is 0 Å². The average Bonchev–Trinajstić information content (AvgIpc) is 3.40. The summed E-state index contributed by atoms with van der Waals surface area (Å²) in [5.41, 5.74) is 10.8. The first-order valence-corrected chi connectivity index (χ1v) is 23.6. The molecule has 9 spiro atoms. The molecular formula is C49H58. The summed E-state index contributed by atoms with van der Waals surface area (Å²) in [6.45, 7) is 24.3. The Labute approximate surface area is 293 Å². The predicted octanol–water partition coefficient (Wildman–Crippen LogP) is 8.72. The quantitative estimate of drug-likeness (QED) is 0.260. The number of hydrogen-bond donors (Lipinski definition) is 0. The van der Waals surface area contributed by atoms with Gasteiger partial charge in [-0.2, -0.15) is 0 Å². The molecule has 0 aromatic rings. The molecule has 0 heterocycles. The Morgan fingerprint density at radius 1 is 0.408 bits per heavy atom. The van der Waals surface area contributed by atoms with Crippen LogP contribution in [0, 0.1) is 219 Å². The summed E-state index contributed by atoms with van der Waals surface area (Å²) in [7, 11) is 0. The first-order chi connectivity index (χ1) is 23.6. The highest BCUT2D eigenvalue weighted by molar-refractivity contribution is 5.83. The Bertz CT molecular complexity index is 2150. The normalized spacial score (nSPS) is 95.9. The van der Waals surface area contributed by atoms with Gasteiger partial charge in [-0.05, 0) is 232 Å². The molecule has 0 saturated heterocycles. The van der Waals surface area contributed by atoms with Gasteiger partial charge in [-0.3, -0.25) is 0 Å². The van der Waals surface area contributed by atoms with Crippen molar-refractivity contribution in [2.75, 3.05) is 0 Å². The van der Waals surface area contributed by atoms with Crippen LogP contribution in [0.25, 0.3) is 0 Å². The minimum Gasteiger partial charge on any atom is -0.0625 e. The standard InChI is InChI=1S/C49H58/c1-12(2)13(3)14(4)15(5)16(6)17(7)18(8)40-37-35-34-32-30-29-28-26-24-22-20-10-19-11-21-23-25-27-31-33-36-38(40)48(32,49(34,40)39(35,37)9)47(30,36)46(29,33)45(28,31)44(26,27)43(24,25)42(22,23)41(19,20)21/h12-38H,10-11H2,1-9H3. The Hall–Kier alpha value is 0. The van der Waals surface area contributed by atoms with E-state index in [4.69, 9.17) is 0 Å². The fourth-order valence-corrected chi connectivity index (χ4v) is 35.1. The monoisotopic (exact) mass is 646 g/mol. The zero-order valence-electron chi connectivity index (χ0n) is 31.5. The van der Waals surface area contributed by atoms with Gasteiger partial charge < -0.3 is 0 Å². The van der Waals surface area contributed by atoms with E-state index in [-0.39, 0.29) is 0 Å². The second-order valence-corrected chi connectivity index (χ2v) is 27.6. The third-order valence-corrected chi connectivity index (χ3v) is 32.6. The molecule has 37 unspecified atom stereocenters. The van der Waals surface area contributed by atoms with E-state index in [1.54, 1.807) is 12.8 Å². The van der Waals surface area contributed by atoms with Gasteiger partial charge in [0.05, 0.1) is 0 Å². The molecule has 0 radical (unpaired) electrons. The summed E-state index contributed by atoms with van der Waals surface area (Å²) in [6, 6.07) is 0. The van der Waals surface area contributed by atoms with Crippen molar-refractivity contribution in [2.45, 2.75) is 75.2 Å². The average molecular weight is 647 g/mol. The van der Waals surface area contributed by atoms with E-state index in [1.807, 2.05) is 0 Å². The van der Waals surface area contributed by atoms with Gasteiger partial charge in [0, 0.05) is 0 Å². The lowest BCUT2D eigenvalue weighted by molar-refractivity contribution is -0.912. The van der Waals surface area contributed by atoms with Crippen LogP contribution >= 0.6 is 0 Å². The molecule has 0 aliphatic heterocycles. The van der Waals surface area contributed by atoms with Gasteiger partial charge in [-0.15, -0.1) is 0 Å². The molecule has 0 aromatic carbocycles. The highest BCUT2D eigenvalue weighted by Crippen LogP contribution is 3.40. The van der Waals surface area contributed by atoms with Crippen LogP contribution in [0.2, 0.25) is 0 Å². The Morgan fingerprint density at radius 2 is 0.857 bits per heavy atom. The summed E-state index contributed by atoms with van der Waals surface area (Å²) in [4.78, 5) is 0. The molecule has 0 aromatic heterocycles. The van der Waals surface area contributed by atoms with Crippen molar-refractivity contribution < 1.29 is 0 Å². The zero-order chi connectivity index (χ0) is 31.5. The van der Waals surface area contributed by atoms with E-state index in [1.165, 1.54) is 118 Å². The van der Waals surface area contributed by atoms with E-state index in [0.29, 0.717) is 0 Å². The van der Waals surface area contributed by atoms with Gasteiger partial charge in [0.25, 0.3) is 0 Å². The second-order valence-electron chi connectivity index (χ2n) is 27.6. The second kappa shape index (κ2) is 4.78. The summed E-state index contributed by atoms with van der Waals surface area (Å²) >= 11 is 0. The summed E-state index contributed by atoms with van der Waals surface area (Å²) in [5, 5.41) is 0. The molecule has 0 heteroatoms. The topological polar surface area (TPSA) is 0 Å². The van der Waals surface area contributed by atoms with E-state index >= 15 is 0 Å². The molecule has 49 heavy (non-hydrogen) atoms. The van der Waals surface area contributed by atoms with E-state index in [0.717, 1.165) is 101 Å². The molecule has 254 valence electrons. The van der Waals surface area contributed by atoms with Gasteiger partial charge in [0.2, 0.25) is 0 Å². The highest BCUT2D eigenvalue weighted by atomic mass is 15.4. The fourth-order valence-electron chi connectivity index (χ4n) is 35.1. The lowest BCUT2D eigenvalue weighted by Crippen LogP contribution is -3.34. The third kappa shape index (κ3) is 0.956. The highest BCUT2D eigenvalue weighted by Gasteiger charge is 3.38. The number of hydrogen-bond acceptors (Lipinski definition) is 0. The molecular weight excluding hydrogens is 589 g/mol. The third-order valence-electron chi connectivity index (χ3n) is 32.6. The smallest absolute Gasteiger partial charge is 0.00705 e. The number of fused-ring (bicyclic) bond motifs is 19. The fraction of sp³-hybridized carbons (Fsp3) is 1.00. The maximum atomic E-state index is 2.94. The molecule has 0 N–H and O–H groups in total. The molecule has 37 atom stereocenters. The zero-order valence-corrected chi connectivity index (χ0v) is 31.5. The van der Waals surface area contributed by atoms with Crippen molar-refractivity contribution in [1.82, 2.24) is 0 Å². The predicted molar refractivity (Wildman–Crippen MR) is 181 cm³/mol. The largest absolute Gasteiger partial charge is 0.0625 e. The van der Waals surface area contributed by atoms with Crippen LogP contribution in [0.5, 0.6) is 0 Å². The van der Waals surface area contributed by atoms with Crippen LogP contribution in [0.3, 0.4) is 0 Å². The lowest BCUT2D eigenvalue weighted by Gasteiger charge is -3.36.